The van der Waals surface area contributed by atoms with Crippen LogP contribution in [0.5, 0.6) is 0 Å². The summed E-state index contributed by atoms with van der Waals surface area (Å²) in [6, 6.07) is 13.3. The average molecular weight is 189 g/mol. The second kappa shape index (κ2) is 5.35. The molecule has 0 aromatic carbocycles. The summed E-state index contributed by atoms with van der Waals surface area (Å²) in [5, 5.41) is 9.42. The number of hydrogen-bond donors (Lipinski definition) is 1. The van der Waals surface area contributed by atoms with Gasteiger partial charge in [0.15, 0.2) is 0 Å². The van der Waals surface area contributed by atoms with E-state index in [-0.39, 0.29) is 0 Å². The first-order valence-corrected chi connectivity index (χ1v) is 4.65. The molecule has 2 nitrogen and oxygen atoms in total. The zero-order valence-corrected chi connectivity index (χ0v) is 8.51. The van der Waals surface area contributed by atoms with Gasteiger partial charge >= 0.3 is 0 Å². The van der Waals surface area contributed by atoms with Gasteiger partial charge in [0, 0.05) is 5.69 Å². The number of hydrogen-bond acceptors (Lipinski definition) is 2. The zero-order valence-electron chi connectivity index (χ0n) is 8.51. The van der Waals surface area contributed by atoms with E-state index >= 15 is 0 Å². The quantitative estimate of drug-likeness (QED) is 0.736. The van der Waals surface area contributed by atoms with E-state index in [1.165, 1.54) is 0 Å². The van der Waals surface area contributed by atoms with Crippen molar-refractivity contribution in [3.63, 3.8) is 0 Å². The molecule has 0 saturated heterocycles. The van der Waals surface area contributed by atoms with Crippen molar-refractivity contribution < 1.29 is 5.11 Å². The predicted molar refractivity (Wildman–Crippen MR) is 57.2 cm³/mol. The molecule has 0 aliphatic carbocycles. The van der Waals surface area contributed by atoms with Crippen molar-refractivity contribution in [3.8, 4) is 0 Å². The first kappa shape index (κ1) is 10.7. The molecule has 1 unspecified atom stereocenters. The van der Waals surface area contributed by atoms with Crippen molar-refractivity contribution in [2.24, 2.45) is 0 Å². The molecular weight excluding hydrogens is 174 g/mol. The third-order valence-electron chi connectivity index (χ3n) is 1.78. The van der Waals surface area contributed by atoms with Crippen LogP contribution in [0.15, 0.2) is 42.5 Å². The molecular formula is C12H15NO. The first-order valence-electron chi connectivity index (χ1n) is 4.65. The minimum atomic E-state index is -0.536. The second-order valence-electron chi connectivity index (χ2n) is 3.15. The van der Waals surface area contributed by atoms with E-state index in [9.17, 15) is 5.11 Å². The lowest BCUT2D eigenvalue weighted by Gasteiger charge is -2.00. The third-order valence-corrected chi connectivity index (χ3v) is 1.78. The lowest BCUT2D eigenvalue weighted by molar-refractivity contribution is 0.194. The van der Waals surface area contributed by atoms with Gasteiger partial charge in [0.1, 0.15) is 0 Å². The lowest BCUT2D eigenvalue weighted by atomic mass is 10.2. The highest BCUT2D eigenvalue weighted by Gasteiger charge is 1.97. The van der Waals surface area contributed by atoms with Gasteiger partial charge in [0.25, 0.3) is 0 Å². The highest BCUT2D eigenvalue weighted by atomic mass is 16.3. The fourth-order valence-electron chi connectivity index (χ4n) is 1.05. The van der Waals surface area contributed by atoms with E-state index in [2.05, 4.69) is 4.98 Å². The molecule has 1 rings (SSSR count). The maximum absolute atomic E-state index is 9.42. The maximum atomic E-state index is 9.42. The topological polar surface area (TPSA) is 33.1 Å². The molecule has 0 radical (unpaired) electrons. The van der Waals surface area contributed by atoms with Crippen LogP contribution in [0.3, 0.4) is 0 Å². The van der Waals surface area contributed by atoms with Gasteiger partial charge in [-0.05, 0) is 26.0 Å². The smallest absolute Gasteiger partial charge is 0.0931 e. The molecule has 0 spiro atoms. The fraction of sp³-hybridized carbons (Fsp3) is 0.250. The summed E-state index contributed by atoms with van der Waals surface area (Å²) >= 11 is 0. The van der Waals surface area contributed by atoms with Crippen LogP contribution in [-0.2, 0) is 0 Å². The molecule has 0 amide bonds. The Morgan fingerprint density at radius 2 is 1.64 bits per heavy atom. The molecule has 14 heavy (non-hydrogen) atoms. The van der Waals surface area contributed by atoms with E-state index in [0.29, 0.717) is 5.69 Å². The Morgan fingerprint density at radius 1 is 1.07 bits per heavy atom. The largest absolute Gasteiger partial charge is 0.387 e. The van der Waals surface area contributed by atoms with Crippen molar-refractivity contribution in [2.45, 2.75) is 20.0 Å². The van der Waals surface area contributed by atoms with Crippen LogP contribution in [0, 0.1) is 6.92 Å². The SMILES string of the molecule is Cc1cccccccc(C(C)O)n1. The summed E-state index contributed by atoms with van der Waals surface area (Å²) in [6.07, 6.45) is -0.536. The second-order valence-corrected chi connectivity index (χ2v) is 3.15. The van der Waals surface area contributed by atoms with Crippen LogP contribution in [0.1, 0.15) is 24.4 Å². The minimum absolute atomic E-state index is 0.536. The number of aryl methyl sites for hydroxylation is 1. The van der Waals surface area contributed by atoms with Gasteiger partial charge < -0.3 is 5.11 Å². The van der Waals surface area contributed by atoms with Crippen molar-refractivity contribution in [1.82, 2.24) is 4.98 Å². The number of aliphatic hydroxyl groups is 1. The van der Waals surface area contributed by atoms with Crippen LogP contribution in [-0.4, -0.2) is 10.1 Å². The molecule has 1 N–H and O–H groups in total. The monoisotopic (exact) mass is 189 g/mol. The molecule has 1 atom stereocenters. The van der Waals surface area contributed by atoms with Gasteiger partial charge in [-0.25, -0.2) is 0 Å². The van der Waals surface area contributed by atoms with Gasteiger partial charge in [-0.3, -0.25) is 4.98 Å². The van der Waals surface area contributed by atoms with Crippen molar-refractivity contribution in [1.29, 1.82) is 0 Å². The van der Waals surface area contributed by atoms with Crippen molar-refractivity contribution in [2.75, 3.05) is 0 Å². The molecule has 0 bridgehead atoms. The summed E-state index contributed by atoms with van der Waals surface area (Å²) in [6.45, 7) is 3.62. The van der Waals surface area contributed by atoms with E-state index < -0.39 is 6.10 Å². The predicted octanol–water partition coefficient (Wildman–Crippen LogP) is 2.57. The molecule has 74 valence electrons. The van der Waals surface area contributed by atoms with Gasteiger partial charge in [0.05, 0.1) is 11.8 Å². The first-order chi connectivity index (χ1) is 6.70. The number of aliphatic hydroxyl groups excluding tert-OH is 1. The van der Waals surface area contributed by atoms with Gasteiger partial charge in [-0.2, -0.15) is 0 Å². The van der Waals surface area contributed by atoms with E-state index in [4.69, 9.17) is 0 Å². The van der Waals surface area contributed by atoms with Gasteiger partial charge in [-0.1, -0.05) is 30.3 Å². The Kier molecular flexibility index (Phi) is 4.08. The number of rotatable bonds is 1. The maximum Gasteiger partial charge on any atom is 0.0931 e. The number of aromatic nitrogens is 1. The van der Waals surface area contributed by atoms with Gasteiger partial charge in [0.2, 0.25) is 0 Å². The van der Waals surface area contributed by atoms with Gasteiger partial charge in [-0.15, -0.1) is 0 Å². The third kappa shape index (κ3) is 3.54. The molecule has 2 heteroatoms. The molecule has 0 aliphatic heterocycles. The van der Waals surface area contributed by atoms with Crippen LogP contribution < -0.4 is 0 Å². The normalized spacial score (nSPS) is 11.6. The van der Waals surface area contributed by atoms with Crippen molar-refractivity contribution >= 4 is 0 Å². The highest BCUT2D eigenvalue weighted by molar-refractivity contribution is 5.08. The Morgan fingerprint density at radius 3 is 2.29 bits per heavy atom. The van der Waals surface area contributed by atoms with Crippen molar-refractivity contribution in [3.05, 3.63) is 53.9 Å². The summed E-state index contributed by atoms with van der Waals surface area (Å²) in [4.78, 5) is 4.29. The van der Waals surface area contributed by atoms with E-state index in [1.807, 2.05) is 49.4 Å². The highest BCUT2D eigenvalue weighted by Crippen LogP contribution is 2.05. The van der Waals surface area contributed by atoms with Crippen LogP contribution in [0.25, 0.3) is 0 Å². The van der Waals surface area contributed by atoms with E-state index in [1.54, 1.807) is 6.92 Å². The Bertz CT molecular complexity index is 346. The molecule has 0 fully saturated rings. The summed E-state index contributed by atoms with van der Waals surface area (Å²) < 4.78 is 0. The zero-order chi connectivity index (χ0) is 10.4. The molecule has 1 heterocycles. The summed E-state index contributed by atoms with van der Waals surface area (Å²) in [5.74, 6) is 0. The molecule has 0 saturated carbocycles. The molecule has 0 aliphatic rings. The summed E-state index contributed by atoms with van der Waals surface area (Å²) in [7, 11) is 0. The Balaban J connectivity index is 3.26. The fourth-order valence-corrected chi connectivity index (χ4v) is 1.05. The lowest BCUT2D eigenvalue weighted by Crippen LogP contribution is -1.93. The molecule has 1 aromatic rings. The summed E-state index contributed by atoms with van der Waals surface area (Å²) in [5.41, 5.74) is 1.57. The Labute approximate surface area is 84.6 Å². The van der Waals surface area contributed by atoms with Crippen LogP contribution in [0.4, 0.5) is 0 Å². The number of nitrogens with zero attached hydrogens (tertiary/aromatic N) is 1. The average Bonchev–Trinajstić information content (AvgIpc) is 2.15. The van der Waals surface area contributed by atoms with E-state index in [0.717, 1.165) is 5.69 Å². The van der Waals surface area contributed by atoms with Crippen LogP contribution in [0.2, 0.25) is 0 Å². The van der Waals surface area contributed by atoms with Crippen LogP contribution >= 0.6 is 0 Å². The molecule has 1 aromatic heterocycles. The Hall–Kier alpha value is -1.41. The minimum Gasteiger partial charge on any atom is -0.387 e. The standard InChI is InChI=1S/C12H15NO/c1-10-8-6-4-3-5-7-9-12(13-10)11(2)14/h3-9,11,14H,1-2H3.